The molecule has 1 aliphatic heterocycles. The predicted octanol–water partition coefficient (Wildman–Crippen LogP) is 4.27. The molecule has 0 aliphatic carbocycles. The fourth-order valence-corrected chi connectivity index (χ4v) is 3.94. The van der Waals surface area contributed by atoms with E-state index < -0.39 is 0 Å². The van der Waals surface area contributed by atoms with Crippen molar-refractivity contribution in [1.82, 2.24) is 15.5 Å². The molecule has 0 radical (unpaired) electrons. The summed E-state index contributed by atoms with van der Waals surface area (Å²) in [5, 5.41) is 9.13. The van der Waals surface area contributed by atoms with Crippen molar-refractivity contribution in [3.8, 4) is 0 Å². The van der Waals surface area contributed by atoms with E-state index in [1.807, 2.05) is 23.1 Å². The van der Waals surface area contributed by atoms with Crippen molar-refractivity contribution in [1.29, 1.82) is 0 Å². The van der Waals surface area contributed by atoms with Gasteiger partial charge in [-0.1, -0.05) is 6.07 Å². The third-order valence-electron chi connectivity index (χ3n) is 4.64. The molecule has 1 saturated heterocycles. The Morgan fingerprint density at radius 3 is 2.88 bits per heavy atom. The molecule has 1 aromatic heterocycles. The number of hydrogen-bond donors (Lipinski definition) is 2. The Labute approximate surface area is 185 Å². The summed E-state index contributed by atoms with van der Waals surface area (Å²) < 4.78 is 0.185. The Morgan fingerprint density at radius 2 is 2.23 bits per heavy atom. The van der Waals surface area contributed by atoms with Gasteiger partial charge in [-0.25, -0.2) is 0 Å². The summed E-state index contributed by atoms with van der Waals surface area (Å²) >= 11 is 3.73. The highest BCUT2D eigenvalue weighted by atomic mass is 127. The third kappa shape index (κ3) is 8.80. The van der Waals surface area contributed by atoms with Gasteiger partial charge in [0.2, 0.25) is 0 Å². The van der Waals surface area contributed by atoms with Crippen LogP contribution in [0.2, 0.25) is 0 Å². The zero-order valence-electron chi connectivity index (χ0n) is 16.6. The largest absolute Gasteiger partial charge is 0.357 e. The summed E-state index contributed by atoms with van der Waals surface area (Å²) in [4.78, 5) is 8.86. The Hall–Kier alpha value is 0.01000. The van der Waals surface area contributed by atoms with Crippen LogP contribution in [-0.4, -0.2) is 54.6 Å². The number of likely N-dealkylation sites (tertiary alicyclic amines) is 1. The van der Waals surface area contributed by atoms with E-state index in [9.17, 15) is 0 Å². The summed E-state index contributed by atoms with van der Waals surface area (Å²) in [7, 11) is 0. The van der Waals surface area contributed by atoms with Crippen LogP contribution in [-0.2, 0) is 6.54 Å². The number of nitrogens with zero attached hydrogens (tertiary/aromatic N) is 2. The molecule has 26 heavy (non-hydrogen) atoms. The standard InChI is InChI=1S/C19H34N4S2.HI/c1-5-20-18(22-15-19(2,3)24-4)21-12-16-8-6-10-23(13-16)14-17-9-7-11-25-17;/h7,9,11,16H,5-6,8,10,12-15H2,1-4H3,(H2,20,21,22);1H. The van der Waals surface area contributed by atoms with Gasteiger partial charge in [-0.05, 0) is 63.8 Å². The highest BCUT2D eigenvalue weighted by Crippen LogP contribution is 2.21. The molecule has 0 saturated carbocycles. The minimum atomic E-state index is 0. The normalized spacial score (nSPS) is 19.1. The smallest absolute Gasteiger partial charge is 0.191 e. The van der Waals surface area contributed by atoms with E-state index in [0.717, 1.165) is 32.1 Å². The molecule has 1 atom stereocenters. The second-order valence-electron chi connectivity index (χ2n) is 7.36. The zero-order valence-corrected chi connectivity index (χ0v) is 20.5. The van der Waals surface area contributed by atoms with Crippen LogP contribution < -0.4 is 10.6 Å². The molecule has 4 nitrogen and oxygen atoms in total. The third-order valence-corrected chi connectivity index (χ3v) is 6.73. The second kappa shape index (κ2) is 12.5. The first-order valence-electron chi connectivity index (χ1n) is 9.34. The van der Waals surface area contributed by atoms with Gasteiger partial charge in [0.1, 0.15) is 0 Å². The average molecular weight is 511 g/mol. The zero-order chi connectivity index (χ0) is 18.1. The monoisotopic (exact) mass is 510 g/mol. The van der Waals surface area contributed by atoms with Gasteiger partial charge in [0.25, 0.3) is 0 Å². The SMILES string of the molecule is CCNC(=NCC(C)(C)SC)NCC1CCCN(Cc2cccs2)C1.I. The lowest BCUT2D eigenvalue weighted by atomic mass is 9.98. The number of piperidine rings is 1. The molecule has 2 rings (SSSR count). The van der Waals surface area contributed by atoms with E-state index in [1.54, 1.807) is 0 Å². The first-order chi connectivity index (χ1) is 12.0. The van der Waals surface area contributed by atoms with E-state index in [1.165, 1.54) is 30.8 Å². The summed E-state index contributed by atoms with van der Waals surface area (Å²) in [6.45, 7) is 12.9. The number of nitrogens with one attached hydrogen (secondary N) is 2. The molecular weight excluding hydrogens is 475 g/mol. The number of guanidine groups is 1. The molecule has 2 N–H and O–H groups in total. The molecule has 1 fully saturated rings. The van der Waals surface area contributed by atoms with E-state index >= 15 is 0 Å². The van der Waals surface area contributed by atoms with Crippen molar-refractivity contribution < 1.29 is 0 Å². The van der Waals surface area contributed by atoms with Crippen LogP contribution in [0.1, 0.15) is 38.5 Å². The lowest BCUT2D eigenvalue weighted by molar-refractivity contribution is 0.169. The molecule has 0 aromatic carbocycles. The number of thiophene rings is 1. The second-order valence-corrected chi connectivity index (χ2v) is 9.91. The summed E-state index contributed by atoms with van der Waals surface area (Å²) in [6, 6.07) is 4.40. The van der Waals surface area contributed by atoms with Crippen LogP contribution in [0.15, 0.2) is 22.5 Å². The molecule has 150 valence electrons. The molecular formula is C19H35IN4S2. The van der Waals surface area contributed by atoms with Gasteiger partial charge in [-0.2, -0.15) is 11.8 Å². The van der Waals surface area contributed by atoms with Gasteiger partial charge in [0.15, 0.2) is 5.96 Å². The molecule has 0 bridgehead atoms. The molecule has 1 unspecified atom stereocenters. The summed E-state index contributed by atoms with van der Waals surface area (Å²) in [5.41, 5.74) is 0. The van der Waals surface area contributed by atoms with Crippen LogP contribution in [0.5, 0.6) is 0 Å². The topological polar surface area (TPSA) is 39.7 Å². The van der Waals surface area contributed by atoms with Crippen LogP contribution in [0.3, 0.4) is 0 Å². The van der Waals surface area contributed by atoms with Crippen LogP contribution in [0, 0.1) is 5.92 Å². The Bertz CT molecular complexity index is 520. The van der Waals surface area contributed by atoms with Gasteiger partial charge in [-0.3, -0.25) is 9.89 Å². The maximum absolute atomic E-state index is 4.78. The highest BCUT2D eigenvalue weighted by molar-refractivity contribution is 14.0. The van der Waals surface area contributed by atoms with Crippen LogP contribution in [0.25, 0.3) is 0 Å². The molecule has 1 aliphatic rings. The Kier molecular flexibility index (Phi) is 11.5. The molecule has 1 aromatic rings. The fraction of sp³-hybridized carbons (Fsp3) is 0.737. The number of thioether (sulfide) groups is 1. The van der Waals surface area contributed by atoms with Gasteiger partial charge in [0, 0.05) is 35.8 Å². The van der Waals surface area contributed by atoms with Crippen LogP contribution in [0.4, 0.5) is 0 Å². The minimum absolute atomic E-state index is 0. The quantitative estimate of drug-likeness (QED) is 0.311. The highest BCUT2D eigenvalue weighted by Gasteiger charge is 2.21. The molecule has 0 amide bonds. The summed E-state index contributed by atoms with van der Waals surface area (Å²) in [5.74, 6) is 1.66. The number of halogens is 1. The lowest BCUT2D eigenvalue weighted by Gasteiger charge is -2.32. The minimum Gasteiger partial charge on any atom is -0.357 e. The van der Waals surface area contributed by atoms with Crippen molar-refractivity contribution in [2.45, 2.75) is 44.9 Å². The fourth-order valence-electron chi connectivity index (χ4n) is 3.00. The van der Waals surface area contributed by atoms with E-state index in [0.29, 0.717) is 5.92 Å². The molecule has 7 heteroatoms. The number of hydrogen-bond acceptors (Lipinski definition) is 4. The first kappa shape index (κ1) is 24.0. The van der Waals surface area contributed by atoms with Crippen molar-refractivity contribution in [2.75, 3.05) is 39.0 Å². The van der Waals surface area contributed by atoms with Gasteiger partial charge >= 0.3 is 0 Å². The van der Waals surface area contributed by atoms with Crippen molar-refractivity contribution >= 4 is 53.0 Å². The van der Waals surface area contributed by atoms with Crippen LogP contribution >= 0.6 is 47.1 Å². The Balaban J connectivity index is 0.00000338. The first-order valence-corrected chi connectivity index (χ1v) is 11.4. The maximum atomic E-state index is 4.78. The van der Waals surface area contributed by atoms with Crippen molar-refractivity contribution in [3.05, 3.63) is 22.4 Å². The van der Waals surface area contributed by atoms with Crippen molar-refractivity contribution in [3.63, 3.8) is 0 Å². The van der Waals surface area contributed by atoms with Gasteiger partial charge in [-0.15, -0.1) is 35.3 Å². The molecule has 2 heterocycles. The van der Waals surface area contributed by atoms with E-state index in [4.69, 9.17) is 4.99 Å². The Morgan fingerprint density at radius 1 is 1.42 bits per heavy atom. The number of rotatable bonds is 8. The van der Waals surface area contributed by atoms with Gasteiger partial charge in [0.05, 0.1) is 6.54 Å². The van der Waals surface area contributed by atoms with E-state index in [-0.39, 0.29) is 28.7 Å². The predicted molar refractivity (Wildman–Crippen MR) is 129 cm³/mol. The summed E-state index contributed by atoms with van der Waals surface area (Å²) in [6.07, 6.45) is 4.76. The van der Waals surface area contributed by atoms with Gasteiger partial charge < -0.3 is 10.6 Å². The average Bonchev–Trinajstić information content (AvgIpc) is 3.11. The number of aliphatic imine (C=N–C) groups is 1. The lowest BCUT2D eigenvalue weighted by Crippen LogP contribution is -2.44. The van der Waals surface area contributed by atoms with Crippen molar-refractivity contribution in [2.24, 2.45) is 10.9 Å². The molecule has 0 spiro atoms. The van der Waals surface area contributed by atoms with E-state index in [2.05, 4.69) is 60.1 Å². The maximum Gasteiger partial charge on any atom is 0.191 e.